The molecule has 0 bridgehead atoms. The monoisotopic (exact) mass is 537 g/mol. The molecule has 0 aliphatic heterocycles. The first-order chi connectivity index (χ1) is 18.0. The SMILES string of the molecule is C=Cc1cccc(C(C(=O)Nc2ccccc2C)N(C(=O)C(CCSC)NC(=O)OC(C)(C)C)C2CC2)c1. The van der Waals surface area contributed by atoms with Gasteiger partial charge in [0.2, 0.25) is 5.91 Å². The van der Waals surface area contributed by atoms with Crippen molar-refractivity contribution in [2.75, 3.05) is 17.3 Å². The molecule has 3 rings (SSSR count). The van der Waals surface area contributed by atoms with Crippen LogP contribution in [0.2, 0.25) is 0 Å². The highest BCUT2D eigenvalue weighted by atomic mass is 32.2. The highest BCUT2D eigenvalue weighted by molar-refractivity contribution is 7.98. The number of amides is 3. The number of hydrogen-bond donors (Lipinski definition) is 2. The summed E-state index contributed by atoms with van der Waals surface area (Å²) in [6, 6.07) is 13.3. The molecule has 0 saturated heterocycles. The van der Waals surface area contributed by atoms with Gasteiger partial charge in [-0.05, 0) is 87.8 Å². The first-order valence-electron chi connectivity index (χ1n) is 12.9. The summed E-state index contributed by atoms with van der Waals surface area (Å²) in [6.45, 7) is 11.1. The second-order valence-electron chi connectivity index (χ2n) is 10.5. The number of hydrogen-bond acceptors (Lipinski definition) is 5. The van der Waals surface area contributed by atoms with Crippen LogP contribution in [0.4, 0.5) is 10.5 Å². The number of benzene rings is 2. The molecule has 0 radical (unpaired) electrons. The van der Waals surface area contributed by atoms with Crippen molar-refractivity contribution in [2.45, 2.75) is 70.7 Å². The predicted octanol–water partition coefficient (Wildman–Crippen LogP) is 5.96. The smallest absolute Gasteiger partial charge is 0.408 e. The lowest BCUT2D eigenvalue weighted by Crippen LogP contribution is -2.53. The Labute approximate surface area is 230 Å². The molecule has 2 unspecified atom stereocenters. The summed E-state index contributed by atoms with van der Waals surface area (Å²) < 4.78 is 5.45. The van der Waals surface area contributed by atoms with Crippen LogP contribution in [-0.2, 0) is 14.3 Å². The third-order valence-corrected chi connectivity index (χ3v) is 6.83. The Hall–Kier alpha value is -3.26. The molecule has 3 amide bonds. The maximum atomic E-state index is 14.2. The van der Waals surface area contributed by atoms with Crippen LogP contribution in [0.5, 0.6) is 0 Å². The summed E-state index contributed by atoms with van der Waals surface area (Å²) in [5.41, 5.74) is 2.46. The van der Waals surface area contributed by atoms with E-state index in [1.807, 2.05) is 61.7 Å². The minimum atomic E-state index is -0.883. The number of rotatable bonds is 11. The van der Waals surface area contributed by atoms with Gasteiger partial charge in [0, 0.05) is 11.7 Å². The molecule has 38 heavy (non-hydrogen) atoms. The Morgan fingerprint density at radius 1 is 1.16 bits per heavy atom. The maximum absolute atomic E-state index is 14.2. The van der Waals surface area contributed by atoms with Gasteiger partial charge in [0.25, 0.3) is 5.91 Å². The Bertz CT molecular complexity index is 1160. The maximum Gasteiger partial charge on any atom is 0.408 e. The number of nitrogens with one attached hydrogen (secondary N) is 2. The molecule has 0 aromatic heterocycles. The van der Waals surface area contributed by atoms with E-state index in [0.29, 0.717) is 23.4 Å². The zero-order chi connectivity index (χ0) is 27.9. The van der Waals surface area contributed by atoms with Gasteiger partial charge in [0.05, 0.1) is 0 Å². The van der Waals surface area contributed by atoms with Crippen LogP contribution >= 0.6 is 11.8 Å². The van der Waals surface area contributed by atoms with Gasteiger partial charge in [0.1, 0.15) is 17.7 Å². The quantitative estimate of drug-likeness (QED) is 0.370. The molecule has 2 aromatic carbocycles. The number of alkyl carbamates (subject to hydrolysis) is 1. The molecule has 1 aliphatic rings. The summed E-state index contributed by atoms with van der Waals surface area (Å²) >= 11 is 1.59. The first-order valence-corrected chi connectivity index (χ1v) is 14.3. The number of thioether (sulfide) groups is 1. The molecule has 0 spiro atoms. The molecule has 2 aromatic rings. The Morgan fingerprint density at radius 3 is 2.47 bits per heavy atom. The number of aryl methyl sites for hydroxylation is 1. The fourth-order valence-electron chi connectivity index (χ4n) is 4.20. The molecular formula is C30H39N3O4S. The Morgan fingerprint density at radius 2 is 1.87 bits per heavy atom. The number of carbonyl (C=O) groups excluding carboxylic acids is 3. The molecule has 1 fully saturated rings. The molecule has 8 heteroatoms. The van der Waals surface area contributed by atoms with E-state index < -0.39 is 23.8 Å². The van der Waals surface area contributed by atoms with E-state index in [-0.39, 0.29) is 17.9 Å². The van der Waals surface area contributed by atoms with Gasteiger partial charge in [-0.25, -0.2) is 4.79 Å². The molecule has 2 atom stereocenters. The summed E-state index contributed by atoms with van der Waals surface area (Å²) in [5, 5.41) is 5.83. The number of anilines is 1. The summed E-state index contributed by atoms with van der Waals surface area (Å²) in [5.74, 6) is 0.0690. The van der Waals surface area contributed by atoms with Crippen LogP contribution in [0.1, 0.15) is 62.8 Å². The standard InChI is InChI=1S/C30H39N3O4S/c1-7-21-12-10-13-22(19-21)26(27(34)31-24-14-9-8-11-20(24)2)33(23-15-16-23)28(35)25(17-18-38-6)32-29(36)37-30(3,4)5/h7-14,19,23,25-26H,1,15-18H2,2-6H3,(H,31,34)(H,32,36). The third kappa shape index (κ3) is 8.12. The fourth-order valence-corrected chi connectivity index (χ4v) is 4.67. The van der Waals surface area contributed by atoms with Gasteiger partial charge in [-0.15, -0.1) is 0 Å². The first kappa shape index (κ1) is 29.3. The molecule has 204 valence electrons. The number of ether oxygens (including phenoxy) is 1. The van der Waals surface area contributed by atoms with E-state index >= 15 is 0 Å². The minimum absolute atomic E-state index is 0.0975. The van der Waals surface area contributed by atoms with Crippen LogP contribution in [0.15, 0.2) is 55.1 Å². The van der Waals surface area contributed by atoms with E-state index in [1.54, 1.807) is 43.5 Å². The molecule has 2 N–H and O–H groups in total. The fraction of sp³-hybridized carbons (Fsp3) is 0.433. The van der Waals surface area contributed by atoms with Crippen molar-refractivity contribution in [2.24, 2.45) is 0 Å². The zero-order valence-corrected chi connectivity index (χ0v) is 23.8. The lowest BCUT2D eigenvalue weighted by Gasteiger charge is -2.35. The van der Waals surface area contributed by atoms with Crippen LogP contribution in [0, 0.1) is 6.92 Å². The van der Waals surface area contributed by atoms with Crippen LogP contribution in [0.25, 0.3) is 6.08 Å². The zero-order valence-electron chi connectivity index (χ0n) is 23.0. The van der Waals surface area contributed by atoms with Gasteiger partial charge < -0.3 is 20.3 Å². The lowest BCUT2D eigenvalue weighted by molar-refractivity contribution is -0.141. The number of para-hydroxylation sites is 1. The summed E-state index contributed by atoms with van der Waals surface area (Å²) in [6.07, 6.45) is 5.02. The van der Waals surface area contributed by atoms with Gasteiger partial charge in [-0.3, -0.25) is 9.59 Å². The largest absolute Gasteiger partial charge is 0.444 e. The molecule has 1 aliphatic carbocycles. The topological polar surface area (TPSA) is 87.7 Å². The molecular weight excluding hydrogens is 498 g/mol. The van der Waals surface area contributed by atoms with E-state index in [2.05, 4.69) is 17.2 Å². The predicted molar refractivity (Wildman–Crippen MR) is 155 cm³/mol. The summed E-state index contributed by atoms with van der Waals surface area (Å²) in [7, 11) is 0. The second-order valence-corrected chi connectivity index (χ2v) is 11.5. The average molecular weight is 538 g/mol. The van der Waals surface area contributed by atoms with Crippen LogP contribution in [-0.4, -0.2) is 52.5 Å². The Balaban J connectivity index is 2.00. The van der Waals surface area contributed by atoms with Crippen molar-refractivity contribution in [1.82, 2.24) is 10.2 Å². The number of carbonyl (C=O) groups is 3. The normalized spacial score (nSPS) is 14.7. The highest BCUT2D eigenvalue weighted by Gasteiger charge is 2.44. The van der Waals surface area contributed by atoms with Crippen molar-refractivity contribution in [1.29, 1.82) is 0 Å². The van der Waals surface area contributed by atoms with Crippen molar-refractivity contribution in [3.05, 3.63) is 71.8 Å². The van der Waals surface area contributed by atoms with E-state index in [1.165, 1.54) is 0 Å². The molecule has 1 saturated carbocycles. The van der Waals surface area contributed by atoms with E-state index in [9.17, 15) is 14.4 Å². The van der Waals surface area contributed by atoms with Gasteiger partial charge in [0.15, 0.2) is 0 Å². The van der Waals surface area contributed by atoms with E-state index in [4.69, 9.17) is 4.74 Å². The van der Waals surface area contributed by atoms with Crippen molar-refractivity contribution in [3.63, 3.8) is 0 Å². The van der Waals surface area contributed by atoms with Crippen molar-refractivity contribution >= 4 is 41.4 Å². The van der Waals surface area contributed by atoms with Gasteiger partial charge in [-0.1, -0.05) is 49.1 Å². The van der Waals surface area contributed by atoms with Crippen molar-refractivity contribution in [3.8, 4) is 0 Å². The van der Waals surface area contributed by atoms with Gasteiger partial charge in [-0.2, -0.15) is 11.8 Å². The minimum Gasteiger partial charge on any atom is -0.444 e. The van der Waals surface area contributed by atoms with Crippen LogP contribution < -0.4 is 10.6 Å². The third-order valence-electron chi connectivity index (χ3n) is 6.19. The Kier molecular flexibility index (Phi) is 10.0. The van der Waals surface area contributed by atoms with Crippen molar-refractivity contribution < 1.29 is 19.1 Å². The second kappa shape index (κ2) is 13.0. The van der Waals surface area contributed by atoms with Gasteiger partial charge >= 0.3 is 6.09 Å². The van der Waals surface area contributed by atoms with Crippen LogP contribution in [0.3, 0.4) is 0 Å². The molecule has 0 heterocycles. The number of nitrogens with zero attached hydrogens (tertiary/aromatic N) is 1. The van der Waals surface area contributed by atoms with E-state index in [0.717, 1.165) is 24.0 Å². The lowest BCUT2D eigenvalue weighted by atomic mass is 9.99. The summed E-state index contributed by atoms with van der Waals surface area (Å²) in [4.78, 5) is 42.5. The molecule has 7 nitrogen and oxygen atoms in total. The average Bonchev–Trinajstić information content (AvgIpc) is 3.70. The highest BCUT2D eigenvalue weighted by Crippen LogP contribution is 2.37.